The lowest BCUT2D eigenvalue weighted by atomic mass is 10.0. The number of hydrogen-bond donors (Lipinski definition) is 1. The molecule has 1 aromatic rings. The first kappa shape index (κ1) is 11.3. The maximum atomic E-state index is 3.60. The van der Waals surface area contributed by atoms with E-state index in [1.807, 2.05) is 0 Å². The van der Waals surface area contributed by atoms with Crippen molar-refractivity contribution < 1.29 is 0 Å². The zero-order valence-electron chi connectivity index (χ0n) is 9.46. The van der Waals surface area contributed by atoms with Crippen LogP contribution in [-0.2, 0) is 0 Å². The van der Waals surface area contributed by atoms with E-state index in [0.29, 0.717) is 12.1 Å². The molecule has 0 spiro atoms. The molecule has 0 saturated heterocycles. The second kappa shape index (κ2) is 5.82. The van der Waals surface area contributed by atoms with E-state index in [1.54, 1.807) is 0 Å². The molecule has 14 heavy (non-hydrogen) atoms. The minimum absolute atomic E-state index is 0.515. The molecule has 0 saturated carbocycles. The molecule has 1 rings (SSSR count). The van der Waals surface area contributed by atoms with Crippen LogP contribution in [-0.4, -0.2) is 6.04 Å². The molecule has 0 aliphatic carbocycles. The molecule has 1 nitrogen and oxygen atoms in total. The summed E-state index contributed by atoms with van der Waals surface area (Å²) in [6.45, 7) is 6.63. The van der Waals surface area contributed by atoms with E-state index in [1.165, 1.54) is 18.4 Å². The fraction of sp³-hybridized carbons (Fsp3) is 0.538. The molecule has 1 atom stereocenters. The zero-order chi connectivity index (χ0) is 10.4. The quantitative estimate of drug-likeness (QED) is 0.750. The highest BCUT2D eigenvalue weighted by molar-refractivity contribution is 5.18. The Hall–Kier alpha value is -0.820. The van der Waals surface area contributed by atoms with Gasteiger partial charge in [-0.15, -0.1) is 0 Å². The van der Waals surface area contributed by atoms with Crippen molar-refractivity contribution in [3.63, 3.8) is 0 Å². The Morgan fingerprint density at radius 2 is 1.79 bits per heavy atom. The summed E-state index contributed by atoms with van der Waals surface area (Å²) >= 11 is 0. The summed E-state index contributed by atoms with van der Waals surface area (Å²) in [4.78, 5) is 0. The maximum absolute atomic E-state index is 3.60. The van der Waals surface area contributed by atoms with Crippen molar-refractivity contribution in [2.45, 2.75) is 45.7 Å². The van der Waals surface area contributed by atoms with Crippen molar-refractivity contribution in [1.82, 2.24) is 5.32 Å². The Bertz CT molecular complexity index is 241. The van der Waals surface area contributed by atoms with Gasteiger partial charge in [0.1, 0.15) is 0 Å². The van der Waals surface area contributed by atoms with Gasteiger partial charge in [-0.2, -0.15) is 0 Å². The smallest absolute Gasteiger partial charge is 0.0322 e. The Balaban J connectivity index is 2.67. The number of rotatable bonds is 5. The summed E-state index contributed by atoms with van der Waals surface area (Å²) in [6, 6.07) is 11.8. The molecule has 0 aromatic heterocycles. The molecule has 1 aromatic carbocycles. The summed E-state index contributed by atoms with van der Waals surface area (Å²) in [6.07, 6.45) is 2.43. The average molecular weight is 191 g/mol. The van der Waals surface area contributed by atoms with Gasteiger partial charge in [-0.3, -0.25) is 0 Å². The van der Waals surface area contributed by atoms with Crippen molar-refractivity contribution in [1.29, 1.82) is 0 Å². The highest BCUT2D eigenvalue weighted by Gasteiger charge is 2.10. The average Bonchev–Trinajstić information content (AvgIpc) is 2.18. The van der Waals surface area contributed by atoms with Crippen molar-refractivity contribution in [3.8, 4) is 0 Å². The molecule has 0 fully saturated rings. The van der Waals surface area contributed by atoms with Gasteiger partial charge < -0.3 is 5.32 Å². The van der Waals surface area contributed by atoms with Crippen LogP contribution in [0.25, 0.3) is 0 Å². The van der Waals surface area contributed by atoms with Crippen LogP contribution in [0.15, 0.2) is 30.3 Å². The molecular formula is C13H21N. The van der Waals surface area contributed by atoms with Crippen molar-refractivity contribution >= 4 is 0 Å². The predicted molar refractivity (Wildman–Crippen MR) is 62.4 cm³/mol. The van der Waals surface area contributed by atoms with E-state index in [9.17, 15) is 0 Å². The van der Waals surface area contributed by atoms with Gasteiger partial charge in [-0.1, -0.05) is 57.5 Å². The fourth-order valence-electron chi connectivity index (χ4n) is 1.72. The Kier molecular flexibility index (Phi) is 4.68. The molecule has 0 aliphatic heterocycles. The molecule has 78 valence electrons. The molecular weight excluding hydrogens is 170 g/mol. The molecule has 0 bridgehead atoms. The molecule has 1 heteroatoms. The first-order valence-corrected chi connectivity index (χ1v) is 5.55. The van der Waals surface area contributed by atoms with Crippen LogP contribution < -0.4 is 5.32 Å². The van der Waals surface area contributed by atoms with Crippen LogP contribution in [0.3, 0.4) is 0 Å². The van der Waals surface area contributed by atoms with Crippen molar-refractivity contribution in [3.05, 3.63) is 35.9 Å². The second-order valence-corrected chi connectivity index (χ2v) is 4.07. The minimum atomic E-state index is 0.515. The van der Waals surface area contributed by atoms with Gasteiger partial charge in [0.15, 0.2) is 0 Å². The van der Waals surface area contributed by atoms with Gasteiger partial charge in [0, 0.05) is 12.1 Å². The van der Waals surface area contributed by atoms with Gasteiger partial charge in [0.2, 0.25) is 0 Å². The number of nitrogens with one attached hydrogen (secondary N) is 1. The minimum Gasteiger partial charge on any atom is -0.308 e. The zero-order valence-corrected chi connectivity index (χ0v) is 9.46. The second-order valence-electron chi connectivity index (χ2n) is 4.07. The van der Waals surface area contributed by atoms with Crippen LogP contribution in [0.2, 0.25) is 0 Å². The van der Waals surface area contributed by atoms with E-state index in [2.05, 4.69) is 56.4 Å². The lowest BCUT2D eigenvalue weighted by molar-refractivity contribution is 0.448. The first-order valence-electron chi connectivity index (χ1n) is 5.55. The summed E-state index contributed by atoms with van der Waals surface area (Å²) in [5.74, 6) is 0. The van der Waals surface area contributed by atoms with E-state index in [-0.39, 0.29) is 0 Å². The normalized spacial score (nSPS) is 13.1. The van der Waals surface area contributed by atoms with Gasteiger partial charge >= 0.3 is 0 Å². The summed E-state index contributed by atoms with van der Waals surface area (Å²) in [7, 11) is 0. The highest BCUT2D eigenvalue weighted by atomic mass is 14.9. The first-order chi connectivity index (χ1) is 6.74. The lowest BCUT2D eigenvalue weighted by Gasteiger charge is -2.21. The van der Waals surface area contributed by atoms with Gasteiger partial charge in [0.05, 0.1) is 0 Å². The lowest BCUT2D eigenvalue weighted by Crippen LogP contribution is -2.27. The van der Waals surface area contributed by atoms with E-state index < -0.39 is 0 Å². The summed E-state index contributed by atoms with van der Waals surface area (Å²) < 4.78 is 0. The van der Waals surface area contributed by atoms with Crippen LogP contribution in [0.5, 0.6) is 0 Å². The Morgan fingerprint density at radius 1 is 1.14 bits per heavy atom. The van der Waals surface area contributed by atoms with Gasteiger partial charge in [0.25, 0.3) is 0 Å². The van der Waals surface area contributed by atoms with E-state index >= 15 is 0 Å². The van der Waals surface area contributed by atoms with Crippen molar-refractivity contribution in [2.75, 3.05) is 0 Å². The predicted octanol–water partition coefficient (Wildman–Crippen LogP) is 3.53. The van der Waals surface area contributed by atoms with Crippen LogP contribution in [0, 0.1) is 0 Å². The van der Waals surface area contributed by atoms with Crippen LogP contribution >= 0.6 is 0 Å². The topological polar surface area (TPSA) is 12.0 Å². The molecule has 0 radical (unpaired) electrons. The monoisotopic (exact) mass is 191 g/mol. The Labute approximate surface area is 87.5 Å². The fourth-order valence-corrected chi connectivity index (χ4v) is 1.72. The maximum Gasteiger partial charge on any atom is 0.0322 e. The third-order valence-corrected chi connectivity index (χ3v) is 2.31. The standard InChI is InChI=1S/C13H21N/c1-4-8-13(14-11(2)3)12-9-6-5-7-10-12/h5-7,9-11,13-14H,4,8H2,1-3H3/t13-/m0/s1. The van der Waals surface area contributed by atoms with Crippen molar-refractivity contribution in [2.24, 2.45) is 0 Å². The largest absolute Gasteiger partial charge is 0.308 e. The molecule has 1 N–H and O–H groups in total. The third kappa shape index (κ3) is 3.51. The van der Waals surface area contributed by atoms with Crippen LogP contribution in [0.4, 0.5) is 0 Å². The van der Waals surface area contributed by atoms with Gasteiger partial charge in [-0.25, -0.2) is 0 Å². The van der Waals surface area contributed by atoms with E-state index in [0.717, 1.165) is 0 Å². The van der Waals surface area contributed by atoms with Crippen LogP contribution in [0.1, 0.15) is 45.2 Å². The third-order valence-electron chi connectivity index (χ3n) is 2.31. The molecule has 0 unspecified atom stereocenters. The summed E-state index contributed by atoms with van der Waals surface area (Å²) in [5, 5.41) is 3.60. The highest BCUT2D eigenvalue weighted by Crippen LogP contribution is 2.18. The molecule has 0 amide bonds. The Morgan fingerprint density at radius 3 is 2.29 bits per heavy atom. The molecule has 0 heterocycles. The number of benzene rings is 1. The SMILES string of the molecule is CCC[C@H](NC(C)C)c1ccccc1. The van der Waals surface area contributed by atoms with E-state index in [4.69, 9.17) is 0 Å². The summed E-state index contributed by atoms with van der Waals surface area (Å²) in [5.41, 5.74) is 1.41. The number of hydrogen-bond acceptors (Lipinski definition) is 1. The van der Waals surface area contributed by atoms with Gasteiger partial charge in [-0.05, 0) is 12.0 Å². The molecule has 0 aliphatic rings.